The summed E-state index contributed by atoms with van der Waals surface area (Å²) in [5.74, 6) is 0.633. The van der Waals surface area contributed by atoms with E-state index in [1.54, 1.807) is 17.4 Å². The van der Waals surface area contributed by atoms with Crippen LogP contribution >= 0.6 is 38.9 Å². The standard InChI is InChI=1S/C18H15BrClN5OS/c1-2-15-23-24-17-12(7-10(19)9-25(15)17)18(26)21-6-5-16-22-13-8-11(20)3-4-14(13)27-16/h3-4,7-9H,2,5-6H2,1H3,(H,21,26). The van der Waals surface area contributed by atoms with Crippen molar-refractivity contribution in [3.63, 3.8) is 0 Å². The molecule has 3 heterocycles. The van der Waals surface area contributed by atoms with Crippen LogP contribution in [0.25, 0.3) is 15.9 Å². The summed E-state index contributed by atoms with van der Waals surface area (Å²) in [6.07, 6.45) is 3.26. The van der Waals surface area contributed by atoms with Crippen molar-refractivity contribution in [2.45, 2.75) is 19.8 Å². The van der Waals surface area contributed by atoms with Gasteiger partial charge in [-0.1, -0.05) is 18.5 Å². The minimum atomic E-state index is -0.180. The molecule has 0 spiro atoms. The van der Waals surface area contributed by atoms with E-state index in [1.165, 1.54) is 0 Å². The van der Waals surface area contributed by atoms with Gasteiger partial charge < -0.3 is 5.32 Å². The molecule has 0 fully saturated rings. The molecule has 0 saturated heterocycles. The Morgan fingerprint density at radius 2 is 2.19 bits per heavy atom. The second-order valence-corrected chi connectivity index (χ2v) is 8.43. The minimum Gasteiger partial charge on any atom is -0.351 e. The fourth-order valence-electron chi connectivity index (χ4n) is 2.85. The molecule has 3 aromatic heterocycles. The highest BCUT2D eigenvalue weighted by molar-refractivity contribution is 9.10. The third-order valence-electron chi connectivity index (χ3n) is 4.12. The number of fused-ring (bicyclic) bond motifs is 2. The molecule has 0 aliphatic carbocycles. The average molecular weight is 465 g/mol. The number of hydrogen-bond acceptors (Lipinski definition) is 5. The molecule has 4 aromatic rings. The van der Waals surface area contributed by atoms with E-state index in [-0.39, 0.29) is 5.91 Å². The number of carbonyl (C=O) groups is 1. The number of hydrogen-bond donors (Lipinski definition) is 1. The Labute approximate surface area is 172 Å². The van der Waals surface area contributed by atoms with E-state index < -0.39 is 0 Å². The van der Waals surface area contributed by atoms with Gasteiger partial charge in [-0.2, -0.15) is 0 Å². The van der Waals surface area contributed by atoms with Gasteiger partial charge in [0.25, 0.3) is 5.91 Å². The Hall–Kier alpha value is -2.03. The van der Waals surface area contributed by atoms with Crippen molar-refractivity contribution in [3.05, 3.63) is 56.4 Å². The van der Waals surface area contributed by atoms with Gasteiger partial charge >= 0.3 is 0 Å². The van der Waals surface area contributed by atoms with Gasteiger partial charge in [0, 0.05) is 35.1 Å². The number of thiazole rings is 1. The molecule has 9 heteroatoms. The molecule has 1 aromatic carbocycles. The first kappa shape index (κ1) is 18.3. The zero-order valence-electron chi connectivity index (χ0n) is 14.4. The third kappa shape index (κ3) is 3.69. The molecule has 1 amide bonds. The smallest absolute Gasteiger partial charge is 0.255 e. The molecule has 6 nitrogen and oxygen atoms in total. The number of nitrogens with one attached hydrogen (secondary N) is 1. The number of aryl methyl sites for hydroxylation is 1. The SMILES string of the molecule is CCc1nnc2c(C(=O)NCCc3nc4cc(Cl)ccc4s3)cc(Br)cn12. The molecule has 4 rings (SSSR count). The number of rotatable bonds is 5. The number of benzene rings is 1. The van der Waals surface area contributed by atoms with Gasteiger partial charge in [0.2, 0.25) is 0 Å². The van der Waals surface area contributed by atoms with Crippen LogP contribution in [0.4, 0.5) is 0 Å². The van der Waals surface area contributed by atoms with E-state index in [0.29, 0.717) is 29.2 Å². The van der Waals surface area contributed by atoms with Crippen LogP contribution in [-0.4, -0.2) is 32.0 Å². The molecule has 0 saturated carbocycles. The lowest BCUT2D eigenvalue weighted by atomic mass is 10.2. The van der Waals surface area contributed by atoms with Gasteiger partial charge in [-0.25, -0.2) is 4.98 Å². The summed E-state index contributed by atoms with van der Waals surface area (Å²) in [6, 6.07) is 7.43. The molecule has 0 radical (unpaired) electrons. The molecule has 0 aliphatic rings. The Balaban J connectivity index is 1.49. The molecule has 1 N–H and O–H groups in total. The van der Waals surface area contributed by atoms with Crippen LogP contribution in [0, 0.1) is 0 Å². The number of halogens is 2. The van der Waals surface area contributed by atoms with Crippen molar-refractivity contribution < 1.29 is 4.79 Å². The second kappa shape index (κ2) is 7.53. The second-order valence-electron chi connectivity index (χ2n) is 5.96. The topological polar surface area (TPSA) is 72.2 Å². The van der Waals surface area contributed by atoms with E-state index >= 15 is 0 Å². The monoisotopic (exact) mass is 463 g/mol. The van der Waals surface area contributed by atoms with Gasteiger partial charge in [0.1, 0.15) is 5.82 Å². The highest BCUT2D eigenvalue weighted by Gasteiger charge is 2.16. The Bertz CT molecular complexity index is 1160. The first-order chi connectivity index (χ1) is 13.0. The Kier molecular flexibility index (Phi) is 5.12. The van der Waals surface area contributed by atoms with Crippen LogP contribution in [0.1, 0.15) is 28.1 Å². The molecule has 0 atom stereocenters. The zero-order chi connectivity index (χ0) is 19.0. The van der Waals surface area contributed by atoms with E-state index in [2.05, 4.69) is 36.4 Å². The van der Waals surface area contributed by atoms with Gasteiger partial charge in [-0.15, -0.1) is 21.5 Å². The number of amides is 1. The van der Waals surface area contributed by atoms with Crippen LogP contribution in [-0.2, 0) is 12.8 Å². The number of carbonyl (C=O) groups excluding carboxylic acids is 1. The molecular formula is C18H15BrClN5OS. The summed E-state index contributed by atoms with van der Waals surface area (Å²) < 4.78 is 3.73. The van der Waals surface area contributed by atoms with Gasteiger partial charge in [0.15, 0.2) is 5.65 Å². The summed E-state index contributed by atoms with van der Waals surface area (Å²) in [4.78, 5) is 17.2. The average Bonchev–Trinajstić information content (AvgIpc) is 3.23. The molecule has 27 heavy (non-hydrogen) atoms. The lowest BCUT2D eigenvalue weighted by Crippen LogP contribution is -2.26. The normalized spacial score (nSPS) is 11.4. The molecule has 0 bridgehead atoms. The predicted octanol–water partition coefficient (Wildman–Crippen LogP) is 4.29. The maximum absolute atomic E-state index is 12.7. The van der Waals surface area contributed by atoms with Gasteiger partial charge in [0.05, 0.1) is 20.8 Å². The minimum absolute atomic E-state index is 0.180. The fraction of sp³-hybridized carbons (Fsp3) is 0.222. The third-order valence-corrected chi connectivity index (χ3v) is 5.89. The Morgan fingerprint density at radius 3 is 3.00 bits per heavy atom. The van der Waals surface area contributed by atoms with Crippen molar-refractivity contribution in [1.29, 1.82) is 0 Å². The summed E-state index contributed by atoms with van der Waals surface area (Å²) in [6.45, 7) is 2.49. The van der Waals surface area contributed by atoms with Gasteiger partial charge in [-0.3, -0.25) is 9.20 Å². The number of pyridine rings is 1. The van der Waals surface area contributed by atoms with Crippen LogP contribution < -0.4 is 5.32 Å². The zero-order valence-corrected chi connectivity index (χ0v) is 17.5. The quantitative estimate of drug-likeness (QED) is 0.478. The lowest BCUT2D eigenvalue weighted by Gasteiger charge is -2.06. The highest BCUT2D eigenvalue weighted by atomic mass is 79.9. The largest absolute Gasteiger partial charge is 0.351 e. The first-order valence-corrected chi connectivity index (χ1v) is 10.4. The van der Waals surface area contributed by atoms with Crippen molar-refractivity contribution in [2.75, 3.05) is 6.54 Å². The number of nitrogens with zero attached hydrogens (tertiary/aromatic N) is 4. The highest BCUT2D eigenvalue weighted by Crippen LogP contribution is 2.25. The first-order valence-electron chi connectivity index (χ1n) is 8.41. The maximum Gasteiger partial charge on any atom is 0.255 e. The lowest BCUT2D eigenvalue weighted by molar-refractivity contribution is 0.0955. The van der Waals surface area contributed by atoms with Crippen molar-refractivity contribution >= 4 is 60.6 Å². The van der Waals surface area contributed by atoms with Crippen molar-refractivity contribution in [1.82, 2.24) is 24.9 Å². The summed E-state index contributed by atoms with van der Waals surface area (Å²) in [5.41, 5.74) is 1.94. The van der Waals surface area contributed by atoms with E-state index in [1.807, 2.05) is 35.7 Å². The Morgan fingerprint density at radius 1 is 1.33 bits per heavy atom. The molecule has 0 unspecified atom stereocenters. The van der Waals surface area contributed by atoms with Crippen LogP contribution in [0.3, 0.4) is 0 Å². The van der Waals surface area contributed by atoms with Crippen molar-refractivity contribution in [3.8, 4) is 0 Å². The molecule has 138 valence electrons. The summed E-state index contributed by atoms with van der Waals surface area (Å²) >= 11 is 11.1. The van der Waals surface area contributed by atoms with Crippen LogP contribution in [0.15, 0.2) is 34.9 Å². The van der Waals surface area contributed by atoms with Crippen LogP contribution in [0.5, 0.6) is 0 Å². The summed E-state index contributed by atoms with van der Waals surface area (Å²) in [5, 5.41) is 12.9. The molecule has 0 aliphatic heterocycles. The number of aromatic nitrogens is 4. The molecular weight excluding hydrogens is 450 g/mol. The van der Waals surface area contributed by atoms with E-state index in [4.69, 9.17) is 11.6 Å². The predicted molar refractivity (Wildman–Crippen MR) is 111 cm³/mol. The van der Waals surface area contributed by atoms with E-state index in [9.17, 15) is 4.79 Å². The van der Waals surface area contributed by atoms with Crippen LogP contribution in [0.2, 0.25) is 5.02 Å². The summed E-state index contributed by atoms with van der Waals surface area (Å²) in [7, 11) is 0. The van der Waals surface area contributed by atoms with E-state index in [0.717, 1.165) is 31.9 Å². The van der Waals surface area contributed by atoms with Gasteiger partial charge in [-0.05, 0) is 40.2 Å². The van der Waals surface area contributed by atoms with Crippen molar-refractivity contribution in [2.24, 2.45) is 0 Å². The fourth-order valence-corrected chi connectivity index (χ4v) is 4.39. The maximum atomic E-state index is 12.7.